The van der Waals surface area contributed by atoms with E-state index in [4.69, 9.17) is 23.3 Å². The fourth-order valence-corrected chi connectivity index (χ4v) is 8.71. The number of phosphoric acid groups is 1. The van der Waals surface area contributed by atoms with Crippen molar-refractivity contribution in [3.05, 3.63) is 97.2 Å². The van der Waals surface area contributed by atoms with Crippen LogP contribution in [0.3, 0.4) is 0 Å². The molecule has 0 aliphatic rings. The molecule has 0 rings (SSSR count). The number of ether oxygens (including phenoxy) is 3. The number of phosphoric ester groups is 1. The maximum absolute atomic E-state index is 12.9. The largest absolute Gasteiger partial charge is 0.472 e. The van der Waals surface area contributed by atoms with Crippen LogP contribution in [0.4, 0.5) is 0 Å². The van der Waals surface area contributed by atoms with E-state index in [2.05, 4.69) is 112 Å². The van der Waals surface area contributed by atoms with Gasteiger partial charge in [-0.1, -0.05) is 234 Å². The third kappa shape index (κ3) is 55.2. The first kappa shape index (κ1) is 72.4. The summed E-state index contributed by atoms with van der Waals surface area (Å²) in [5.74, 6) is -1.55. The van der Waals surface area contributed by atoms with Gasteiger partial charge in [-0.15, -0.1) is 0 Å². The first-order valence-corrected chi connectivity index (χ1v) is 31.6. The number of carbonyl (C=O) groups excluding carboxylic acids is 3. The van der Waals surface area contributed by atoms with E-state index in [0.29, 0.717) is 25.7 Å². The van der Waals surface area contributed by atoms with Gasteiger partial charge in [0, 0.05) is 19.3 Å². The van der Waals surface area contributed by atoms with Crippen molar-refractivity contribution in [2.45, 2.75) is 264 Å². The number of hydrogen-bond donors (Lipinski definition) is 2. The van der Waals surface area contributed by atoms with Crippen LogP contribution >= 0.6 is 7.82 Å². The Labute approximate surface area is 463 Å². The lowest BCUT2D eigenvalue weighted by Gasteiger charge is -2.21. The first-order valence-electron chi connectivity index (χ1n) is 30.1. The lowest BCUT2D eigenvalue weighted by atomic mass is 10.0. The molecule has 0 spiro atoms. The van der Waals surface area contributed by atoms with E-state index in [1.807, 2.05) is 6.08 Å². The van der Waals surface area contributed by atoms with Crippen LogP contribution in [0.2, 0.25) is 0 Å². The highest BCUT2D eigenvalue weighted by Crippen LogP contribution is 2.43. The molecule has 0 aliphatic heterocycles. The second-order valence-corrected chi connectivity index (χ2v) is 21.2. The molecule has 0 heterocycles. The molecule has 436 valence electrons. The zero-order valence-corrected chi connectivity index (χ0v) is 49.1. The van der Waals surface area contributed by atoms with E-state index < -0.39 is 57.8 Å². The highest BCUT2D eigenvalue weighted by atomic mass is 31.2. The number of allylic oxidation sites excluding steroid dienone is 16. The van der Waals surface area contributed by atoms with Crippen molar-refractivity contribution in [2.24, 2.45) is 0 Å². The van der Waals surface area contributed by atoms with Gasteiger partial charge in [0.15, 0.2) is 6.10 Å². The SMILES string of the molecule is CC/C=C\C/C=C\C/C=C\C/C=C\C/C=C\CCCC(=O)OCC(COP(=O)(O)OCC(CO)OC(=O)CCCCCCCCCCCCCCC)OC(=O)CCCCCCCC/C=C\C/C=C\C/C=C\CCCCC. The van der Waals surface area contributed by atoms with Crippen molar-refractivity contribution in [1.82, 2.24) is 0 Å². The van der Waals surface area contributed by atoms with Crippen LogP contribution < -0.4 is 0 Å². The van der Waals surface area contributed by atoms with Crippen LogP contribution in [0.15, 0.2) is 97.2 Å². The van der Waals surface area contributed by atoms with Gasteiger partial charge in [-0.3, -0.25) is 23.4 Å². The molecule has 0 bridgehead atoms. The van der Waals surface area contributed by atoms with E-state index in [9.17, 15) is 28.9 Å². The van der Waals surface area contributed by atoms with Crippen LogP contribution in [0.25, 0.3) is 0 Å². The Kier molecular flexibility index (Phi) is 54.8. The van der Waals surface area contributed by atoms with E-state index >= 15 is 0 Å². The summed E-state index contributed by atoms with van der Waals surface area (Å²) >= 11 is 0. The molecule has 3 atom stereocenters. The molecule has 11 nitrogen and oxygen atoms in total. The Morgan fingerprint density at radius 2 is 0.697 bits per heavy atom. The lowest BCUT2D eigenvalue weighted by Crippen LogP contribution is -2.30. The molecule has 0 aromatic rings. The lowest BCUT2D eigenvalue weighted by molar-refractivity contribution is -0.161. The summed E-state index contributed by atoms with van der Waals surface area (Å²) < 4.78 is 39.5. The summed E-state index contributed by atoms with van der Waals surface area (Å²) in [6, 6.07) is 0. The van der Waals surface area contributed by atoms with Crippen molar-refractivity contribution >= 4 is 25.7 Å². The summed E-state index contributed by atoms with van der Waals surface area (Å²) in [6.45, 7) is 4.44. The van der Waals surface area contributed by atoms with Crippen LogP contribution in [0, 0.1) is 0 Å². The quantitative estimate of drug-likeness (QED) is 0.0197. The molecule has 0 radical (unpaired) electrons. The van der Waals surface area contributed by atoms with Gasteiger partial charge >= 0.3 is 25.7 Å². The summed E-state index contributed by atoms with van der Waals surface area (Å²) in [4.78, 5) is 48.6. The minimum Gasteiger partial charge on any atom is -0.462 e. The summed E-state index contributed by atoms with van der Waals surface area (Å²) in [5, 5.41) is 9.82. The van der Waals surface area contributed by atoms with Crippen molar-refractivity contribution in [2.75, 3.05) is 26.4 Å². The Bertz CT molecular complexity index is 1640. The van der Waals surface area contributed by atoms with Crippen molar-refractivity contribution in [1.29, 1.82) is 0 Å². The average Bonchev–Trinajstić information content (AvgIpc) is 3.41. The molecule has 12 heteroatoms. The Balaban J connectivity index is 4.83. The highest BCUT2D eigenvalue weighted by molar-refractivity contribution is 7.47. The van der Waals surface area contributed by atoms with Gasteiger partial charge in [0.25, 0.3) is 0 Å². The minimum absolute atomic E-state index is 0.138. The topological polar surface area (TPSA) is 155 Å². The third-order valence-electron chi connectivity index (χ3n) is 12.5. The molecular formula is C64H109O11P. The minimum atomic E-state index is -4.77. The van der Waals surface area contributed by atoms with E-state index in [-0.39, 0.29) is 25.9 Å². The van der Waals surface area contributed by atoms with Gasteiger partial charge in [-0.2, -0.15) is 0 Å². The van der Waals surface area contributed by atoms with Gasteiger partial charge in [-0.05, 0) is 96.3 Å². The second-order valence-electron chi connectivity index (χ2n) is 19.8. The van der Waals surface area contributed by atoms with Crippen molar-refractivity contribution in [3.63, 3.8) is 0 Å². The van der Waals surface area contributed by atoms with E-state index in [1.54, 1.807) is 0 Å². The van der Waals surface area contributed by atoms with Gasteiger partial charge in [-0.25, -0.2) is 4.57 Å². The predicted octanol–water partition coefficient (Wildman–Crippen LogP) is 18.0. The number of aliphatic hydroxyl groups is 1. The van der Waals surface area contributed by atoms with Gasteiger partial charge in [0.1, 0.15) is 12.7 Å². The van der Waals surface area contributed by atoms with Crippen LogP contribution in [0.5, 0.6) is 0 Å². The van der Waals surface area contributed by atoms with E-state index in [1.165, 1.54) is 83.5 Å². The number of unbranched alkanes of at least 4 members (excludes halogenated alkanes) is 22. The van der Waals surface area contributed by atoms with Gasteiger partial charge in [0.2, 0.25) is 0 Å². The molecule has 2 N–H and O–H groups in total. The highest BCUT2D eigenvalue weighted by Gasteiger charge is 2.28. The molecule has 0 saturated heterocycles. The maximum atomic E-state index is 12.9. The fourth-order valence-electron chi connectivity index (χ4n) is 7.93. The Hall–Kier alpha value is -3.60. The summed E-state index contributed by atoms with van der Waals surface area (Å²) in [6.07, 6.45) is 67.9. The molecule has 0 saturated carbocycles. The van der Waals surface area contributed by atoms with Crippen LogP contribution in [0.1, 0.15) is 252 Å². The van der Waals surface area contributed by atoms with Crippen LogP contribution in [-0.4, -0.2) is 66.5 Å². The number of aliphatic hydroxyl groups excluding tert-OH is 1. The number of hydrogen-bond acceptors (Lipinski definition) is 10. The monoisotopic (exact) mass is 1080 g/mol. The standard InChI is InChI=1S/C64H109O11P/c1-4-7-10-13-16-19-22-25-27-29-30-32-34-37-40-43-46-49-52-55-64(68)75-61(57-71-62(66)53-50-47-44-41-38-36-33-31-28-26-23-20-17-14-11-8-5-2)59-73-76(69,70)72-58-60(56-65)74-63(67)54-51-48-45-42-39-35-24-21-18-15-12-9-6-3/h8,11,16-17,19-20,25-28,30,32-33,36,41,44,60-61,65H,4-7,9-10,12-15,18,21-24,29,31,34-35,37-40,42-43,45-59H2,1-3H3,(H,69,70)/b11-8-,19-16-,20-17-,27-25-,28-26-,32-30-,36-33-,44-41-. The summed E-state index contributed by atoms with van der Waals surface area (Å²) in [7, 11) is -4.77. The molecule has 0 aliphatic carbocycles. The average molecular weight is 1090 g/mol. The van der Waals surface area contributed by atoms with Gasteiger partial charge in [0.05, 0.1) is 19.8 Å². The van der Waals surface area contributed by atoms with Crippen molar-refractivity contribution < 1.29 is 52.2 Å². The van der Waals surface area contributed by atoms with Gasteiger partial charge < -0.3 is 24.2 Å². The van der Waals surface area contributed by atoms with Crippen LogP contribution in [-0.2, 0) is 42.2 Å². The Morgan fingerprint density at radius 1 is 0.382 bits per heavy atom. The zero-order valence-electron chi connectivity index (χ0n) is 48.2. The molecule has 76 heavy (non-hydrogen) atoms. The van der Waals surface area contributed by atoms with E-state index in [0.717, 1.165) is 103 Å². The maximum Gasteiger partial charge on any atom is 0.472 e. The second kappa shape index (κ2) is 57.6. The smallest absolute Gasteiger partial charge is 0.462 e. The molecule has 3 unspecified atom stereocenters. The Morgan fingerprint density at radius 3 is 1.12 bits per heavy atom. The predicted molar refractivity (Wildman–Crippen MR) is 316 cm³/mol. The molecular weight excluding hydrogens is 976 g/mol. The normalized spacial score (nSPS) is 14.0. The number of esters is 3. The van der Waals surface area contributed by atoms with Crippen molar-refractivity contribution in [3.8, 4) is 0 Å². The molecule has 0 fully saturated rings. The first-order chi connectivity index (χ1) is 37.2. The molecule has 0 aromatic carbocycles. The number of carbonyl (C=O) groups is 3. The fraction of sp³-hybridized carbons (Fsp3) is 0.703. The summed E-state index contributed by atoms with van der Waals surface area (Å²) in [5.41, 5.74) is 0. The number of rotatable bonds is 55. The molecule has 0 amide bonds. The zero-order chi connectivity index (χ0) is 55.5. The third-order valence-corrected chi connectivity index (χ3v) is 13.4. The molecule has 0 aromatic heterocycles.